The molecular weight excluding hydrogens is 438 g/mol. The number of amides is 2. The number of hydrogen-bond donors (Lipinski definition) is 0. The summed E-state index contributed by atoms with van der Waals surface area (Å²) in [6.45, 7) is 2.79. The first-order valence-corrected chi connectivity index (χ1v) is 12.4. The predicted octanol–water partition coefficient (Wildman–Crippen LogP) is 5.01. The third-order valence-electron chi connectivity index (χ3n) is 7.98. The van der Waals surface area contributed by atoms with Crippen LogP contribution in [-0.4, -0.2) is 24.7 Å². The second-order valence-corrected chi connectivity index (χ2v) is 9.70. The van der Waals surface area contributed by atoms with Crippen molar-refractivity contribution in [2.45, 2.75) is 37.5 Å². The van der Waals surface area contributed by atoms with E-state index in [0.717, 1.165) is 47.8 Å². The molecule has 0 spiro atoms. The van der Waals surface area contributed by atoms with E-state index in [2.05, 4.69) is 6.92 Å². The van der Waals surface area contributed by atoms with E-state index >= 15 is 0 Å². The Labute approximate surface area is 204 Å². The van der Waals surface area contributed by atoms with Crippen LogP contribution in [0.2, 0.25) is 0 Å². The molecule has 2 bridgehead atoms. The van der Waals surface area contributed by atoms with Gasteiger partial charge in [0.2, 0.25) is 11.8 Å². The number of ether oxygens (including phenoxy) is 1. The molecule has 3 aliphatic carbocycles. The van der Waals surface area contributed by atoms with Crippen LogP contribution in [0.1, 0.15) is 54.4 Å². The summed E-state index contributed by atoms with van der Waals surface area (Å²) in [5.41, 5.74) is 2.98. The molecule has 35 heavy (non-hydrogen) atoms. The standard InChI is InChI=1S/C30H27NO4/c1-2-3-8-17-35-20-15-13-19(14-16-20)31-28(33)26-25-21-9-4-6-11-23(21)30(18-32,27(26)29(31)34)24-12-7-5-10-22(24)25/h4-7,9-16,18,25-27H,2-3,8,17H2,1H3/t25?,26-,27-,30?/m1/s1. The number of carbonyl (C=O) groups is 3. The number of nitrogens with zero attached hydrogens (tertiary/aromatic N) is 1. The second kappa shape index (κ2) is 8.19. The molecule has 0 unspecified atom stereocenters. The number of carbonyl (C=O) groups excluding carboxylic acids is 3. The van der Waals surface area contributed by atoms with Crippen LogP contribution in [0.15, 0.2) is 72.8 Å². The number of imide groups is 1. The Hall–Kier alpha value is -3.73. The van der Waals surface area contributed by atoms with Gasteiger partial charge in [0.1, 0.15) is 12.0 Å². The zero-order valence-corrected chi connectivity index (χ0v) is 19.6. The van der Waals surface area contributed by atoms with Crippen LogP contribution in [0, 0.1) is 11.8 Å². The molecule has 0 aromatic heterocycles. The van der Waals surface area contributed by atoms with Gasteiger partial charge >= 0.3 is 0 Å². The predicted molar refractivity (Wildman–Crippen MR) is 133 cm³/mol. The summed E-state index contributed by atoms with van der Waals surface area (Å²) in [6, 6.07) is 22.7. The SMILES string of the molecule is CCCCCOc1ccc(N2C(=O)[C@@H]3C4c5ccccc5C(C=O)(c5ccccc54)[C@H]3C2=O)cc1. The van der Waals surface area contributed by atoms with Gasteiger partial charge in [0.15, 0.2) is 0 Å². The lowest BCUT2D eigenvalue weighted by Gasteiger charge is -2.51. The molecule has 176 valence electrons. The Morgan fingerprint density at radius 2 is 1.49 bits per heavy atom. The van der Waals surface area contributed by atoms with Gasteiger partial charge in [-0.3, -0.25) is 9.59 Å². The molecule has 0 N–H and O–H groups in total. The van der Waals surface area contributed by atoms with Crippen LogP contribution in [0.4, 0.5) is 5.69 Å². The van der Waals surface area contributed by atoms with Crippen molar-refractivity contribution >= 4 is 23.8 Å². The van der Waals surface area contributed by atoms with Crippen LogP contribution >= 0.6 is 0 Å². The summed E-state index contributed by atoms with van der Waals surface area (Å²) < 4.78 is 5.80. The van der Waals surface area contributed by atoms with Crippen LogP contribution in [0.25, 0.3) is 0 Å². The van der Waals surface area contributed by atoms with Crippen molar-refractivity contribution in [1.82, 2.24) is 0 Å². The van der Waals surface area contributed by atoms with Crippen molar-refractivity contribution < 1.29 is 19.1 Å². The molecule has 4 aliphatic rings. The van der Waals surface area contributed by atoms with E-state index in [9.17, 15) is 14.4 Å². The van der Waals surface area contributed by atoms with Gasteiger partial charge in [0, 0.05) is 5.92 Å². The summed E-state index contributed by atoms with van der Waals surface area (Å²) >= 11 is 0. The Bertz CT molecular complexity index is 1280. The fraction of sp³-hybridized carbons (Fsp3) is 0.300. The van der Waals surface area contributed by atoms with E-state index in [1.54, 1.807) is 24.3 Å². The summed E-state index contributed by atoms with van der Waals surface area (Å²) in [6.07, 6.45) is 4.13. The normalized spacial score (nSPS) is 25.7. The molecule has 1 aliphatic heterocycles. The smallest absolute Gasteiger partial charge is 0.239 e. The Kier molecular flexibility index (Phi) is 5.10. The topological polar surface area (TPSA) is 63.7 Å². The molecule has 5 nitrogen and oxygen atoms in total. The van der Waals surface area contributed by atoms with Gasteiger partial charge in [-0.2, -0.15) is 0 Å². The fourth-order valence-corrected chi connectivity index (χ4v) is 6.52. The lowest BCUT2D eigenvalue weighted by atomic mass is 9.48. The Morgan fingerprint density at radius 1 is 0.857 bits per heavy atom. The molecule has 2 amide bonds. The molecule has 1 heterocycles. The molecule has 3 aromatic rings. The molecule has 5 heteroatoms. The average Bonchev–Trinajstić information content (AvgIpc) is 3.17. The zero-order valence-electron chi connectivity index (χ0n) is 19.6. The van der Waals surface area contributed by atoms with Gasteiger partial charge in [-0.1, -0.05) is 68.3 Å². The van der Waals surface area contributed by atoms with Crippen molar-refractivity contribution in [2.75, 3.05) is 11.5 Å². The first-order chi connectivity index (χ1) is 17.1. The summed E-state index contributed by atoms with van der Waals surface area (Å²) in [7, 11) is 0. The van der Waals surface area contributed by atoms with Gasteiger partial charge in [0.05, 0.1) is 29.5 Å². The molecule has 1 saturated heterocycles. The Morgan fingerprint density at radius 3 is 2.09 bits per heavy atom. The first kappa shape index (κ1) is 21.8. The van der Waals surface area contributed by atoms with Crippen molar-refractivity contribution in [3.05, 3.63) is 95.1 Å². The molecule has 0 saturated carbocycles. The maximum Gasteiger partial charge on any atom is 0.239 e. The highest BCUT2D eigenvalue weighted by atomic mass is 16.5. The summed E-state index contributed by atoms with van der Waals surface area (Å²) in [5, 5.41) is 0. The van der Waals surface area contributed by atoms with Gasteiger partial charge in [0.25, 0.3) is 0 Å². The second-order valence-electron chi connectivity index (χ2n) is 9.70. The first-order valence-electron chi connectivity index (χ1n) is 12.4. The van der Waals surface area contributed by atoms with Gasteiger partial charge in [-0.15, -0.1) is 0 Å². The van der Waals surface area contributed by atoms with Crippen molar-refractivity contribution in [3.8, 4) is 5.75 Å². The largest absolute Gasteiger partial charge is 0.494 e. The van der Waals surface area contributed by atoms with Gasteiger partial charge in [-0.05, 0) is 52.9 Å². The highest BCUT2D eigenvalue weighted by Crippen LogP contribution is 2.63. The van der Waals surface area contributed by atoms with Crippen LogP contribution in [0.3, 0.4) is 0 Å². The summed E-state index contributed by atoms with van der Waals surface area (Å²) in [4.78, 5) is 42.2. The van der Waals surface area contributed by atoms with E-state index in [4.69, 9.17) is 4.74 Å². The summed E-state index contributed by atoms with van der Waals surface area (Å²) in [5.74, 6) is -1.45. The lowest BCUT2D eigenvalue weighted by Crippen LogP contribution is -2.54. The van der Waals surface area contributed by atoms with Crippen molar-refractivity contribution in [1.29, 1.82) is 0 Å². The number of benzene rings is 3. The minimum atomic E-state index is -1.17. The number of rotatable bonds is 7. The van der Waals surface area contributed by atoms with Crippen molar-refractivity contribution in [3.63, 3.8) is 0 Å². The van der Waals surface area contributed by atoms with E-state index in [1.807, 2.05) is 48.5 Å². The molecule has 7 rings (SSSR count). The van der Waals surface area contributed by atoms with E-state index in [-0.39, 0.29) is 17.7 Å². The minimum Gasteiger partial charge on any atom is -0.494 e. The van der Waals surface area contributed by atoms with Crippen LogP contribution in [-0.2, 0) is 19.8 Å². The highest BCUT2D eigenvalue weighted by molar-refractivity contribution is 6.24. The molecule has 2 atom stereocenters. The number of hydrogen-bond acceptors (Lipinski definition) is 4. The number of anilines is 1. The molecule has 0 radical (unpaired) electrons. The molecule has 1 fully saturated rings. The molecule has 3 aromatic carbocycles. The zero-order chi connectivity index (χ0) is 24.2. The van der Waals surface area contributed by atoms with Gasteiger partial charge in [-0.25, -0.2) is 4.90 Å². The third-order valence-corrected chi connectivity index (χ3v) is 7.98. The average molecular weight is 466 g/mol. The Balaban J connectivity index is 1.41. The minimum absolute atomic E-state index is 0.239. The van der Waals surface area contributed by atoms with Gasteiger partial charge < -0.3 is 9.53 Å². The van der Waals surface area contributed by atoms with E-state index < -0.39 is 17.3 Å². The fourth-order valence-electron chi connectivity index (χ4n) is 6.52. The van der Waals surface area contributed by atoms with Crippen LogP contribution < -0.4 is 9.64 Å². The maximum atomic E-state index is 14.0. The third kappa shape index (κ3) is 2.90. The monoisotopic (exact) mass is 465 g/mol. The van der Waals surface area contributed by atoms with E-state index in [0.29, 0.717) is 18.0 Å². The highest BCUT2D eigenvalue weighted by Gasteiger charge is 2.68. The van der Waals surface area contributed by atoms with Crippen molar-refractivity contribution in [2.24, 2.45) is 11.8 Å². The maximum absolute atomic E-state index is 14.0. The van der Waals surface area contributed by atoms with Crippen LogP contribution in [0.5, 0.6) is 5.75 Å². The molecular formula is C30H27NO4. The lowest BCUT2D eigenvalue weighted by molar-refractivity contribution is -0.128. The number of aldehydes is 1. The number of unbranched alkanes of at least 4 members (excludes halogenated alkanes) is 2. The quantitative estimate of drug-likeness (QED) is 0.280. The van der Waals surface area contributed by atoms with E-state index in [1.165, 1.54) is 4.90 Å².